The van der Waals surface area contributed by atoms with Crippen molar-refractivity contribution >= 4 is 33.2 Å². The van der Waals surface area contributed by atoms with Crippen molar-refractivity contribution in [3.63, 3.8) is 0 Å². The number of nitrogens with zero attached hydrogens (tertiary/aromatic N) is 4. The number of rotatable bonds is 4. The van der Waals surface area contributed by atoms with Crippen LogP contribution in [0, 0.1) is 0 Å². The molecule has 6 rings (SSSR count). The van der Waals surface area contributed by atoms with Crippen molar-refractivity contribution in [1.29, 1.82) is 0 Å². The zero-order chi connectivity index (χ0) is 22.7. The van der Waals surface area contributed by atoms with Crippen LogP contribution in [0.15, 0.2) is 24.5 Å². The van der Waals surface area contributed by atoms with E-state index in [0.717, 1.165) is 75.0 Å². The SMILES string of the molecule is CCC(O)c1cc2ncnc(-c3cc(Cl)cc4c3O[C@@H](c3c5c(nn3C)CCNC5)C4)c2s1. The maximum Gasteiger partial charge on any atom is 0.145 e. The maximum atomic E-state index is 10.4. The van der Waals surface area contributed by atoms with Crippen molar-refractivity contribution in [1.82, 2.24) is 25.1 Å². The topological polar surface area (TPSA) is 85.1 Å². The van der Waals surface area contributed by atoms with Crippen molar-refractivity contribution in [2.45, 2.75) is 44.9 Å². The fourth-order valence-corrected chi connectivity index (χ4v) is 6.36. The first-order chi connectivity index (χ1) is 16.0. The van der Waals surface area contributed by atoms with Gasteiger partial charge < -0.3 is 15.2 Å². The van der Waals surface area contributed by atoms with Gasteiger partial charge in [0.15, 0.2) is 0 Å². The van der Waals surface area contributed by atoms with Crippen LogP contribution < -0.4 is 10.1 Å². The number of halogens is 1. The Morgan fingerprint density at radius 3 is 3.06 bits per heavy atom. The van der Waals surface area contributed by atoms with Crippen LogP contribution in [-0.4, -0.2) is 31.4 Å². The highest BCUT2D eigenvalue weighted by molar-refractivity contribution is 7.19. The number of thiophene rings is 1. The molecule has 0 radical (unpaired) electrons. The first-order valence-electron chi connectivity index (χ1n) is 11.2. The molecule has 2 aliphatic heterocycles. The van der Waals surface area contributed by atoms with Gasteiger partial charge in [-0.25, -0.2) is 9.97 Å². The summed E-state index contributed by atoms with van der Waals surface area (Å²) >= 11 is 8.09. The monoisotopic (exact) mass is 481 g/mol. The van der Waals surface area contributed by atoms with Crippen LogP contribution in [0.1, 0.15) is 52.9 Å². The van der Waals surface area contributed by atoms with E-state index >= 15 is 0 Å². The van der Waals surface area contributed by atoms with E-state index in [9.17, 15) is 5.11 Å². The third kappa shape index (κ3) is 3.44. The predicted octanol–water partition coefficient (Wildman–Crippen LogP) is 4.51. The van der Waals surface area contributed by atoms with E-state index < -0.39 is 6.10 Å². The van der Waals surface area contributed by atoms with E-state index in [1.807, 2.05) is 36.9 Å². The number of aliphatic hydroxyl groups excluding tert-OH is 1. The van der Waals surface area contributed by atoms with E-state index in [0.29, 0.717) is 11.4 Å². The van der Waals surface area contributed by atoms with Crippen LogP contribution in [0.5, 0.6) is 5.75 Å². The lowest BCUT2D eigenvalue weighted by molar-refractivity contribution is 0.177. The van der Waals surface area contributed by atoms with Gasteiger partial charge in [-0.3, -0.25) is 4.68 Å². The Labute approximate surface area is 200 Å². The molecule has 5 heterocycles. The molecular formula is C24H24ClN5O2S. The molecule has 0 spiro atoms. The number of hydrogen-bond donors (Lipinski definition) is 2. The molecule has 2 N–H and O–H groups in total. The van der Waals surface area contributed by atoms with E-state index in [-0.39, 0.29) is 6.10 Å². The van der Waals surface area contributed by atoms with Gasteiger partial charge in [-0.05, 0) is 24.6 Å². The summed E-state index contributed by atoms with van der Waals surface area (Å²) in [5.74, 6) is 0.814. The van der Waals surface area contributed by atoms with Crippen molar-refractivity contribution in [3.05, 3.63) is 56.9 Å². The summed E-state index contributed by atoms with van der Waals surface area (Å²) in [6.45, 7) is 3.73. The number of aromatic nitrogens is 4. The van der Waals surface area contributed by atoms with Gasteiger partial charge in [0.05, 0.1) is 33.4 Å². The zero-order valence-electron chi connectivity index (χ0n) is 18.4. The molecule has 0 saturated carbocycles. The highest BCUT2D eigenvalue weighted by atomic mass is 35.5. The fourth-order valence-electron chi connectivity index (χ4n) is 4.94. The summed E-state index contributed by atoms with van der Waals surface area (Å²) < 4.78 is 9.51. The number of aryl methyl sites for hydroxylation is 1. The Kier molecular flexibility index (Phi) is 5.14. The van der Waals surface area contributed by atoms with Crippen LogP contribution in [0.25, 0.3) is 21.5 Å². The molecule has 9 heteroatoms. The summed E-state index contributed by atoms with van der Waals surface area (Å²) in [7, 11) is 1.99. The Morgan fingerprint density at radius 2 is 2.21 bits per heavy atom. The average molecular weight is 482 g/mol. The lowest BCUT2D eigenvalue weighted by atomic mass is 9.99. The molecule has 7 nitrogen and oxygen atoms in total. The smallest absolute Gasteiger partial charge is 0.145 e. The van der Waals surface area contributed by atoms with Crippen molar-refractivity contribution < 1.29 is 9.84 Å². The molecule has 2 aliphatic rings. The molecule has 0 aliphatic carbocycles. The molecule has 170 valence electrons. The number of hydrogen-bond acceptors (Lipinski definition) is 7. The number of benzene rings is 1. The minimum absolute atomic E-state index is 0.128. The lowest BCUT2D eigenvalue weighted by Crippen LogP contribution is -2.24. The van der Waals surface area contributed by atoms with Crippen molar-refractivity contribution in [2.24, 2.45) is 7.05 Å². The summed E-state index contributed by atoms with van der Waals surface area (Å²) in [6.07, 6.45) is 3.24. The average Bonchev–Trinajstić information content (AvgIpc) is 3.51. The second-order valence-electron chi connectivity index (χ2n) is 8.62. The maximum absolute atomic E-state index is 10.4. The molecule has 0 amide bonds. The summed E-state index contributed by atoms with van der Waals surface area (Å²) in [5, 5.41) is 19.2. The number of fused-ring (bicyclic) bond motifs is 3. The van der Waals surface area contributed by atoms with Crippen LogP contribution >= 0.6 is 22.9 Å². The molecule has 1 aromatic carbocycles. The van der Waals surface area contributed by atoms with E-state index in [4.69, 9.17) is 21.4 Å². The van der Waals surface area contributed by atoms with Crippen LogP contribution in [0.2, 0.25) is 5.02 Å². The number of aliphatic hydroxyl groups is 1. The van der Waals surface area contributed by atoms with Crippen molar-refractivity contribution in [2.75, 3.05) is 6.54 Å². The molecule has 4 aromatic rings. The van der Waals surface area contributed by atoms with Crippen LogP contribution in [-0.2, 0) is 26.4 Å². The largest absolute Gasteiger partial charge is 0.483 e. The molecule has 2 atom stereocenters. The van der Waals surface area contributed by atoms with Gasteiger partial charge in [0.1, 0.15) is 18.2 Å². The Balaban J connectivity index is 1.45. The second kappa shape index (κ2) is 8.06. The molecule has 0 fully saturated rings. The molecule has 0 saturated heterocycles. The van der Waals surface area contributed by atoms with Gasteiger partial charge in [0.25, 0.3) is 0 Å². The number of ether oxygens (including phenoxy) is 1. The van der Waals surface area contributed by atoms with E-state index in [2.05, 4.69) is 15.3 Å². The zero-order valence-corrected chi connectivity index (χ0v) is 20.0. The third-order valence-electron chi connectivity index (χ3n) is 6.52. The fraction of sp³-hybridized carbons (Fsp3) is 0.375. The first kappa shape index (κ1) is 21.0. The lowest BCUT2D eigenvalue weighted by Gasteiger charge is -2.17. The standard InChI is InChI=1S/C24H24ClN5O2S/c1-3-18(31)20-9-17-24(33-20)21(28-11-27-17)14-8-13(25)6-12-7-19(32-23(12)14)22-15-10-26-5-4-16(15)29-30(22)2/h6,8-9,11,18-19,26,31H,3-5,7,10H2,1-2H3/t18?,19-/m1/s1. The summed E-state index contributed by atoms with van der Waals surface area (Å²) in [5.41, 5.74) is 7.06. The van der Waals surface area contributed by atoms with Crippen molar-refractivity contribution in [3.8, 4) is 17.0 Å². The molecule has 0 bridgehead atoms. The van der Waals surface area contributed by atoms with Gasteiger partial charge in [-0.1, -0.05) is 18.5 Å². The minimum atomic E-state index is -0.507. The first-order valence-corrected chi connectivity index (χ1v) is 12.4. The highest BCUT2D eigenvalue weighted by Crippen LogP contribution is 2.47. The van der Waals surface area contributed by atoms with Gasteiger partial charge in [0, 0.05) is 59.6 Å². The highest BCUT2D eigenvalue weighted by Gasteiger charge is 2.34. The normalized spacial score (nSPS) is 18.2. The predicted molar refractivity (Wildman–Crippen MR) is 129 cm³/mol. The Morgan fingerprint density at radius 1 is 1.33 bits per heavy atom. The molecule has 33 heavy (non-hydrogen) atoms. The van der Waals surface area contributed by atoms with Gasteiger partial charge in [-0.15, -0.1) is 11.3 Å². The van der Waals surface area contributed by atoms with Crippen LogP contribution in [0.4, 0.5) is 0 Å². The Hall–Kier alpha value is -2.52. The van der Waals surface area contributed by atoms with E-state index in [1.165, 1.54) is 16.9 Å². The second-order valence-corrected chi connectivity index (χ2v) is 10.1. The summed E-state index contributed by atoms with van der Waals surface area (Å²) in [6, 6.07) is 5.85. The third-order valence-corrected chi connectivity index (χ3v) is 7.97. The van der Waals surface area contributed by atoms with Gasteiger partial charge in [-0.2, -0.15) is 5.10 Å². The molecule has 3 aromatic heterocycles. The van der Waals surface area contributed by atoms with Gasteiger partial charge >= 0.3 is 0 Å². The number of nitrogens with one attached hydrogen (secondary N) is 1. The van der Waals surface area contributed by atoms with Crippen LogP contribution in [0.3, 0.4) is 0 Å². The quantitative estimate of drug-likeness (QED) is 0.446. The van der Waals surface area contributed by atoms with E-state index in [1.54, 1.807) is 6.33 Å². The van der Waals surface area contributed by atoms with Gasteiger partial charge in [0.2, 0.25) is 0 Å². The molecule has 1 unspecified atom stereocenters. The summed E-state index contributed by atoms with van der Waals surface area (Å²) in [4.78, 5) is 9.94. The minimum Gasteiger partial charge on any atom is -0.483 e. The molecular weight excluding hydrogens is 458 g/mol. The Bertz CT molecular complexity index is 1380.